The topological polar surface area (TPSA) is 41.6 Å². The molecule has 0 aliphatic carbocycles. The molecule has 0 aliphatic rings. The van der Waals surface area contributed by atoms with Crippen LogP contribution in [0.1, 0.15) is 18.1 Å². The Labute approximate surface area is 91.6 Å². The molecule has 0 amide bonds. The van der Waals surface area contributed by atoms with Crippen molar-refractivity contribution in [3.05, 3.63) is 35.4 Å². The van der Waals surface area contributed by atoms with Gasteiger partial charge in [0.2, 0.25) is 0 Å². The first-order chi connectivity index (χ1) is 7.17. The zero-order chi connectivity index (χ0) is 11.3. The van der Waals surface area contributed by atoms with Gasteiger partial charge in [-0.25, -0.2) is 5.84 Å². The second kappa shape index (κ2) is 5.51. The molecule has 3 heteroatoms. The summed E-state index contributed by atoms with van der Waals surface area (Å²) >= 11 is 0. The molecule has 2 N–H and O–H groups in total. The summed E-state index contributed by atoms with van der Waals surface area (Å²) in [6.07, 6.45) is 1.85. The van der Waals surface area contributed by atoms with Crippen molar-refractivity contribution in [2.75, 3.05) is 14.1 Å². The van der Waals surface area contributed by atoms with E-state index in [-0.39, 0.29) is 0 Å². The van der Waals surface area contributed by atoms with Crippen LogP contribution in [0.25, 0.3) is 0 Å². The Kier molecular flexibility index (Phi) is 4.31. The quantitative estimate of drug-likeness (QED) is 0.353. The first-order valence-electron chi connectivity index (χ1n) is 5.19. The van der Waals surface area contributed by atoms with Gasteiger partial charge in [-0.2, -0.15) is 0 Å². The summed E-state index contributed by atoms with van der Waals surface area (Å²) in [4.78, 5) is 4.16. The summed E-state index contributed by atoms with van der Waals surface area (Å²) in [5, 5.41) is 1.57. The fourth-order valence-electron chi connectivity index (χ4n) is 1.50. The Morgan fingerprint density at radius 3 is 2.60 bits per heavy atom. The van der Waals surface area contributed by atoms with E-state index in [1.54, 1.807) is 12.1 Å². The van der Waals surface area contributed by atoms with Gasteiger partial charge in [-0.3, -0.25) is 4.99 Å². The highest BCUT2D eigenvalue weighted by Crippen LogP contribution is 2.07. The summed E-state index contributed by atoms with van der Waals surface area (Å²) in [6.45, 7) is 2.16. The van der Waals surface area contributed by atoms with Crippen LogP contribution in [0.2, 0.25) is 0 Å². The van der Waals surface area contributed by atoms with E-state index in [1.807, 2.05) is 7.05 Å². The van der Waals surface area contributed by atoms with Crippen molar-refractivity contribution in [2.24, 2.45) is 10.8 Å². The molecule has 82 valence electrons. The van der Waals surface area contributed by atoms with Crippen LogP contribution in [0.3, 0.4) is 0 Å². The fourth-order valence-corrected chi connectivity index (χ4v) is 1.50. The highest BCUT2D eigenvalue weighted by molar-refractivity contribution is 5.83. The molecule has 1 aromatic rings. The number of hydrazine groups is 1. The van der Waals surface area contributed by atoms with Crippen molar-refractivity contribution in [3.63, 3.8) is 0 Å². The monoisotopic (exact) mass is 205 g/mol. The number of aliphatic imine (C=N–C) groups is 1. The molecule has 3 nitrogen and oxygen atoms in total. The van der Waals surface area contributed by atoms with E-state index in [0.29, 0.717) is 0 Å². The molecule has 0 heterocycles. The molecule has 0 saturated carbocycles. The number of hydrogen-bond acceptors (Lipinski definition) is 2. The van der Waals surface area contributed by atoms with Gasteiger partial charge < -0.3 is 5.01 Å². The maximum absolute atomic E-state index is 5.67. The molecular weight excluding hydrogens is 186 g/mol. The minimum Gasteiger partial charge on any atom is -0.302 e. The molecule has 0 bridgehead atoms. The van der Waals surface area contributed by atoms with E-state index in [4.69, 9.17) is 5.84 Å². The number of benzene rings is 1. The van der Waals surface area contributed by atoms with Crippen molar-refractivity contribution >= 4 is 5.84 Å². The highest BCUT2D eigenvalue weighted by atomic mass is 15.4. The minimum atomic E-state index is 0.789. The first-order valence-corrected chi connectivity index (χ1v) is 5.19. The normalized spacial score (nSPS) is 11.6. The van der Waals surface area contributed by atoms with Crippen LogP contribution in [-0.2, 0) is 12.8 Å². The molecule has 15 heavy (non-hydrogen) atoms. The zero-order valence-corrected chi connectivity index (χ0v) is 9.70. The zero-order valence-electron chi connectivity index (χ0n) is 9.70. The van der Waals surface area contributed by atoms with Crippen LogP contribution in [-0.4, -0.2) is 24.9 Å². The van der Waals surface area contributed by atoms with E-state index < -0.39 is 0 Å². The van der Waals surface area contributed by atoms with Gasteiger partial charge in [0, 0.05) is 20.5 Å². The standard InChI is InChI=1S/C12H19N3/c1-4-10-6-5-7-11(8-10)9-12(14-2)15(3)13/h5-8H,4,9,13H2,1-3H3/b14-12-. The van der Waals surface area contributed by atoms with E-state index in [2.05, 4.69) is 36.2 Å². The maximum atomic E-state index is 5.67. The highest BCUT2D eigenvalue weighted by Gasteiger charge is 2.03. The molecule has 0 unspecified atom stereocenters. The van der Waals surface area contributed by atoms with Gasteiger partial charge in [-0.1, -0.05) is 31.2 Å². The summed E-state index contributed by atoms with van der Waals surface area (Å²) in [7, 11) is 3.58. The minimum absolute atomic E-state index is 0.789. The maximum Gasteiger partial charge on any atom is 0.117 e. The van der Waals surface area contributed by atoms with Crippen LogP contribution in [0.4, 0.5) is 0 Å². The van der Waals surface area contributed by atoms with Gasteiger partial charge in [0.1, 0.15) is 5.84 Å². The van der Waals surface area contributed by atoms with Crippen LogP contribution >= 0.6 is 0 Å². The van der Waals surface area contributed by atoms with Gasteiger partial charge in [-0.15, -0.1) is 0 Å². The van der Waals surface area contributed by atoms with Crippen LogP contribution in [0, 0.1) is 0 Å². The average Bonchev–Trinajstić information content (AvgIpc) is 2.25. The Balaban J connectivity index is 2.79. The lowest BCUT2D eigenvalue weighted by Crippen LogP contribution is -2.34. The lowest BCUT2D eigenvalue weighted by atomic mass is 10.1. The van der Waals surface area contributed by atoms with E-state index in [0.717, 1.165) is 18.7 Å². The van der Waals surface area contributed by atoms with Crippen LogP contribution < -0.4 is 5.84 Å². The fraction of sp³-hybridized carbons (Fsp3) is 0.417. The summed E-state index contributed by atoms with van der Waals surface area (Å²) in [6, 6.07) is 8.53. The predicted octanol–water partition coefficient (Wildman–Crippen LogP) is 1.63. The van der Waals surface area contributed by atoms with Gasteiger partial charge in [-0.05, 0) is 17.5 Å². The van der Waals surface area contributed by atoms with Crippen molar-refractivity contribution in [3.8, 4) is 0 Å². The Morgan fingerprint density at radius 2 is 2.07 bits per heavy atom. The molecule has 1 aromatic carbocycles. The number of likely N-dealkylation sites (N-methyl/N-ethyl adjacent to an activating group) is 1. The van der Waals surface area contributed by atoms with Gasteiger partial charge in [0.05, 0.1) is 0 Å². The molecule has 0 aliphatic heterocycles. The first kappa shape index (κ1) is 11.7. The van der Waals surface area contributed by atoms with Crippen molar-refractivity contribution in [1.82, 2.24) is 5.01 Å². The second-order valence-corrected chi connectivity index (χ2v) is 3.60. The van der Waals surface area contributed by atoms with Gasteiger partial charge in [0.15, 0.2) is 0 Å². The number of hydrogen-bond donors (Lipinski definition) is 1. The van der Waals surface area contributed by atoms with Crippen molar-refractivity contribution < 1.29 is 0 Å². The van der Waals surface area contributed by atoms with E-state index >= 15 is 0 Å². The predicted molar refractivity (Wildman–Crippen MR) is 64.8 cm³/mol. The number of amidine groups is 1. The molecule has 0 radical (unpaired) electrons. The summed E-state index contributed by atoms with van der Waals surface area (Å²) < 4.78 is 0. The third-order valence-electron chi connectivity index (χ3n) is 2.43. The van der Waals surface area contributed by atoms with E-state index in [1.165, 1.54) is 11.1 Å². The summed E-state index contributed by atoms with van der Waals surface area (Å²) in [5.74, 6) is 6.56. The van der Waals surface area contributed by atoms with Crippen LogP contribution in [0.5, 0.6) is 0 Å². The number of nitrogens with two attached hydrogens (primary N) is 1. The lowest BCUT2D eigenvalue weighted by Gasteiger charge is -2.15. The van der Waals surface area contributed by atoms with E-state index in [9.17, 15) is 0 Å². The molecule has 0 fully saturated rings. The molecule has 0 atom stereocenters. The molecule has 0 spiro atoms. The van der Waals surface area contributed by atoms with Crippen molar-refractivity contribution in [2.45, 2.75) is 19.8 Å². The van der Waals surface area contributed by atoms with Crippen LogP contribution in [0.15, 0.2) is 29.3 Å². The molecule has 0 saturated heterocycles. The third kappa shape index (κ3) is 3.36. The van der Waals surface area contributed by atoms with Gasteiger partial charge >= 0.3 is 0 Å². The Hall–Kier alpha value is -1.35. The van der Waals surface area contributed by atoms with Gasteiger partial charge in [0.25, 0.3) is 0 Å². The third-order valence-corrected chi connectivity index (χ3v) is 2.43. The number of rotatable bonds is 3. The molecular formula is C12H19N3. The number of nitrogens with zero attached hydrogens (tertiary/aromatic N) is 2. The number of aryl methyl sites for hydroxylation is 1. The SMILES string of the molecule is CCc1cccc(C/C(=N/C)N(C)N)c1. The summed E-state index contributed by atoms with van der Waals surface area (Å²) in [5.41, 5.74) is 2.61. The average molecular weight is 205 g/mol. The van der Waals surface area contributed by atoms with Crippen molar-refractivity contribution in [1.29, 1.82) is 0 Å². The molecule has 1 rings (SSSR count). The lowest BCUT2D eigenvalue weighted by molar-refractivity contribution is 0.528. The Morgan fingerprint density at radius 1 is 1.40 bits per heavy atom. The largest absolute Gasteiger partial charge is 0.302 e. The molecule has 0 aromatic heterocycles. The smallest absolute Gasteiger partial charge is 0.117 e. The Bertz CT molecular complexity index is 342. The second-order valence-electron chi connectivity index (χ2n) is 3.60.